The van der Waals surface area contributed by atoms with E-state index < -0.39 is 32.2 Å². The molecule has 0 aliphatic rings. The third-order valence-corrected chi connectivity index (χ3v) is 3.78. The summed E-state index contributed by atoms with van der Waals surface area (Å²) < 4.78 is 29.2. The lowest BCUT2D eigenvalue weighted by Gasteiger charge is -2.05. The molecule has 0 saturated heterocycles. The summed E-state index contributed by atoms with van der Waals surface area (Å²) in [5.41, 5.74) is -0.463. The van der Waals surface area contributed by atoms with Gasteiger partial charge in [0.2, 0.25) is 0 Å². The van der Waals surface area contributed by atoms with Crippen molar-refractivity contribution in [3.8, 4) is 0 Å². The molecule has 1 rings (SSSR count). The fourth-order valence-electron chi connectivity index (χ4n) is 1.30. The third kappa shape index (κ3) is 3.71. The molecular formula is C10H12FN3O4S. The fraction of sp³-hybridized carbons (Fsp3) is 0.300. The van der Waals surface area contributed by atoms with Gasteiger partial charge >= 0.3 is 6.03 Å². The summed E-state index contributed by atoms with van der Waals surface area (Å²) in [5.74, 6) is -1.03. The SMILES string of the molecule is CCNC(=O)N=S(C)(=O)c1ccc([N+](=O)[O-])cc1F. The van der Waals surface area contributed by atoms with Crippen molar-refractivity contribution in [3.05, 3.63) is 34.1 Å². The van der Waals surface area contributed by atoms with Gasteiger partial charge in [0.15, 0.2) is 0 Å². The summed E-state index contributed by atoms with van der Waals surface area (Å²) in [4.78, 5) is 20.6. The zero-order chi connectivity index (χ0) is 14.6. The van der Waals surface area contributed by atoms with Crippen molar-refractivity contribution < 1.29 is 18.3 Å². The number of hydrogen-bond acceptors (Lipinski definition) is 4. The number of rotatable bonds is 3. The molecule has 1 N–H and O–H groups in total. The molecule has 9 heteroatoms. The molecule has 7 nitrogen and oxygen atoms in total. The van der Waals surface area contributed by atoms with Crippen LogP contribution in [0.4, 0.5) is 14.9 Å². The van der Waals surface area contributed by atoms with E-state index in [-0.39, 0.29) is 4.90 Å². The predicted molar refractivity (Wildman–Crippen MR) is 66.9 cm³/mol. The number of halogens is 1. The quantitative estimate of drug-likeness (QED) is 0.678. The summed E-state index contributed by atoms with van der Waals surface area (Å²) in [5, 5.41) is 12.8. The molecule has 0 saturated carbocycles. The van der Waals surface area contributed by atoms with E-state index in [1.54, 1.807) is 6.92 Å². The van der Waals surface area contributed by atoms with Gasteiger partial charge in [0.25, 0.3) is 5.69 Å². The minimum atomic E-state index is -3.29. The monoisotopic (exact) mass is 289 g/mol. The Balaban J connectivity index is 3.26. The highest BCUT2D eigenvalue weighted by atomic mass is 32.2. The highest BCUT2D eigenvalue weighted by molar-refractivity contribution is 7.93. The van der Waals surface area contributed by atoms with E-state index in [4.69, 9.17) is 0 Å². The highest BCUT2D eigenvalue weighted by Crippen LogP contribution is 2.21. The normalized spacial score (nSPS) is 13.4. The number of nitrogens with one attached hydrogen (secondary N) is 1. The van der Waals surface area contributed by atoms with E-state index in [0.29, 0.717) is 12.6 Å². The second-order valence-corrected chi connectivity index (χ2v) is 5.83. The first-order valence-electron chi connectivity index (χ1n) is 5.22. The van der Waals surface area contributed by atoms with Crippen LogP contribution in [-0.2, 0) is 9.73 Å². The lowest BCUT2D eigenvalue weighted by molar-refractivity contribution is -0.385. The minimum Gasteiger partial charge on any atom is -0.336 e. The van der Waals surface area contributed by atoms with Crippen LogP contribution in [0.5, 0.6) is 0 Å². The van der Waals surface area contributed by atoms with E-state index in [1.807, 2.05) is 0 Å². The van der Waals surface area contributed by atoms with Crippen molar-refractivity contribution >= 4 is 21.4 Å². The van der Waals surface area contributed by atoms with Crippen LogP contribution in [0.1, 0.15) is 6.92 Å². The summed E-state index contributed by atoms with van der Waals surface area (Å²) in [6, 6.07) is 1.83. The lowest BCUT2D eigenvalue weighted by atomic mass is 10.3. The van der Waals surface area contributed by atoms with Crippen LogP contribution in [0.2, 0.25) is 0 Å². The maximum absolute atomic E-state index is 13.7. The predicted octanol–water partition coefficient (Wildman–Crippen LogP) is 1.92. The molecule has 0 spiro atoms. The van der Waals surface area contributed by atoms with Crippen LogP contribution >= 0.6 is 0 Å². The molecule has 0 fully saturated rings. The Bertz CT molecular complexity index is 638. The van der Waals surface area contributed by atoms with Gasteiger partial charge in [-0.05, 0) is 13.0 Å². The number of urea groups is 1. The maximum Gasteiger partial charge on any atom is 0.349 e. The number of hydrogen-bond donors (Lipinski definition) is 1. The molecule has 2 amide bonds. The van der Waals surface area contributed by atoms with Gasteiger partial charge in [0, 0.05) is 18.9 Å². The molecule has 0 aliphatic carbocycles. The molecule has 0 heterocycles. The number of nitro groups is 1. The third-order valence-electron chi connectivity index (χ3n) is 2.12. The van der Waals surface area contributed by atoms with Gasteiger partial charge in [-0.3, -0.25) is 10.1 Å². The zero-order valence-corrected chi connectivity index (χ0v) is 11.1. The standard InChI is InChI=1S/C10H12FN3O4S/c1-3-12-10(15)13-19(2,18)9-5-4-7(14(16)17)6-8(9)11/h4-6H,3H2,1-2H3,(H,12,15). The van der Waals surface area contributed by atoms with Crippen LogP contribution in [0.25, 0.3) is 0 Å². The molecule has 0 aromatic heterocycles. The first-order valence-corrected chi connectivity index (χ1v) is 7.14. The van der Waals surface area contributed by atoms with Gasteiger partial charge < -0.3 is 5.32 Å². The van der Waals surface area contributed by atoms with E-state index in [1.165, 1.54) is 0 Å². The van der Waals surface area contributed by atoms with Crippen molar-refractivity contribution in [2.45, 2.75) is 11.8 Å². The Labute approximate surface area is 109 Å². The number of carbonyl (C=O) groups is 1. The van der Waals surface area contributed by atoms with Gasteiger partial charge in [-0.1, -0.05) is 0 Å². The number of non-ortho nitro benzene ring substituents is 1. The van der Waals surface area contributed by atoms with E-state index in [0.717, 1.165) is 18.4 Å². The van der Waals surface area contributed by atoms with Gasteiger partial charge in [-0.25, -0.2) is 13.4 Å². The highest BCUT2D eigenvalue weighted by Gasteiger charge is 2.17. The Morgan fingerprint density at radius 3 is 2.68 bits per heavy atom. The van der Waals surface area contributed by atoms with E-state index in [2.05, 4.69) is 9.68 Å². The van der Waals surface area contributed by atoms with Gasteiger partial charge in [0.05, 0.1) is 25.6 Å². The van der Waals surface area contributed by atoms with Crippen LogP contribution in [0.3, 0.4) is 0 Å². The minimum absolute atomic E-state index is 0.292. The average molecular weight is 289 g/mol. The topological polar surface area (TPSA) is 102 Å². The van der Waals surface area contributed by atoms with Crippen molar-refractivity contribution in [1.29, 1.82) is 0 Å². The summed E-state index contributed by atoms with van der Waals surface area (Å²) in [7, 11) is -3.29. The molecule has 0 radical (unpaired) electrons. The average Bonchev–Trinajstić information content (AvgIpc) is 2.27. The molecule has 104 valence electrons. The van der Waals surface area contributed by atoms with Crippen molar-refractivity contribution in [3.63, 3.8) is 0 Å². The number of nitro benzene ring substituents is 1. The molecule has 0 bridgehead atoms. The Hall–Kier alpha value is -2.03. The van der Waals surface area contributed by atoms with Crippen LogP contribution in [0.15, 0.2) is 27.5 Å². The Morgan fingerprint density at radius 2 is 2.21 bits per heavy atom. The zero-order valence-electron chi connectivity index (χ0n) is 10.3. The molecule has 19 heavy (non-hydrogen) atoms. The van der Waals surface area contributed by atoms with Gasteiger partial charge in [-0.15, -0.1) is 4.36 Å². The van der Waals surface area contributed by atoms with Crippen molar-refractivity contribution in [2.24, 2.45) is 4.36 Å². The molecule has 1 aromatic carbocycles. The molecular weight excluding hydrogens is 277 g/mol. The smallest absolute Gasteiger partial charge is 0.336 e. The Kier molecular flexibility index (Phi) is 4.54. The number of carbonyl (C=O) groups excluding carboxylic acids is 1. The lowest BCUT2D eigenvalue weighted by Crippen LogP contribution is -2.20. The Morgan fingerprint density at radius 1 is 1.58 bits per heavy atom. The number of amides is 2. The van der Waals surface area contributed by atoms with Crippen LogP contribution in [0, 0.1) is 15.9 Å². The largest absolute Gasteiger partial charge is 0.349 e. The summed E-state index contributed by atoms with van der Waals surface area (Å²) in [6.45, 7) is 1.94. The first kappa shape index (κ1) is 15.0. The molecule has 1 unspecified atom stereocenters. The van der Waals surface area contributed by atoms with Crippen LogP contribution < -0.4 is 5.32 Å². The van der Waals surface area contributed by atoms with E-state index in [9.17, 15) is 23.5 Å². The number of benzene rings is 1. The first-order chi connectivity index (χ1) is 8.77. The summed E-state index contributed by atoms with van der Waals surface area (Å²) in [6.07, 6.45) is 1.09. The van der Waals surface area contributed by atoms with Crippen molar-refractivity contribution in [2.75, 3.05) is 12.8 Å². The molecule has 1 atom stereocenters. The second kappa shape index (κ2) is 5.74. The van der Waals surface area contributed by atoms with Crippen LogP contribution in [-0.4, -0.2) is 28.0 Å². The molecule has 0 aliphatic heterocycles. The molecule has 1 aromatic rings. The maximum atomic E-state index is 13.7. The van der Waals surface area contributed by atoms with Gasteiger partial charge in [-0.2, -0.15) is 0 Å². The van der Waals surface area contributed by atoms with Gasteiger partial charge in [0.1, 0.15) is 5.82 Å². The van der Waals surface area contributed by atoms with E-state index >= 15 is 0 Å². The van der Waals surface area contributed by atoms with Crippen molar-refractivity contribution in [1.82, 2.24) is 5.32 Å². The number of nitrogens with zero attached hydrogens (tertiary/aromatic N) is 2. The summed E-state index contributed by atoms with van der Waals surface area (Å²) >= 11 is 0. The fourth-order valence-corrected chi connectivity index (χ4v) is 2.52. The second-order valence-electron chi connectivity index (χ2n) is 3.60.